The fraction of sp³-hybridized carbons (Fsp3) is 0.188. The number of anilines is 2. The van der Waals surface area contributed by atoms with E-state index < -0.39 is 0 Å². The third kappa shape index (κ3) is 3.43. The Kier molecular flexibility index (Phi) is 4.62. The Bertz CT molecular complexity index is 940. The number of benzene rings is 1. The molecule has 0 aliphatic rings. The maximum atomic E-state index is 11.8. The number of aromatic nitrogens is 5. The lowest BCUT2D eigenvalue weighted by atomic mass is 10.1. The monoisotopic (exact) mass is 358 g/mol. The molecule has 0 aliphatic heterocycles. The molecule has 2 heterocycles. The zero-order valence-corrected chi connectivity index (χ0v) is 14.6. The molecule has 9 heteroatoms. The van der Waals surface area contributed by atoms with Gasteiger partial charge in [0.25, 0.3) is 0 Å². The van der Waals surface area contributed by atoms with Crippen molar-refractivity contribution >= 4 is 28.8 Å². The molecule has 0 atom stereocenters. The van der Waals surface area contributed by atoms with Gasteiger partial charge in [-0.05, 0) is 12.1 Å². The van der Waals surface area contributed by atoms with Crippen LogP contribution in [-0.4, -0.2) is 38.1 Å². The largest absolute Gasteiger partial charge is 0.494 e. The summed E-state index contributed by atoms with van der Waals surface area (Å²) < 4.78 is 5.55. The van der Waals surface area contributed by atoms with E-state index in [9.17, 15) is 4.79 Å². The molecule has 0 aliphatic carbocycles. The molecule has 25 heavy (non-hydrogen) atoms. The highest BCUT2D eigenvalue weighted by Gasteiger charge is 2.17. The molecule has 0 saturated carbocycles. The van der Waals surface area contributed by atoms with Gasteiger partial charge in [0.2, 0.25) is 0 Å². The molecule has 0 saturated heterocycles. The minimum absolute atomic E-state index is 0.177. The summed E-state index contributed by atoms with van der Waals surface area (Å²) in [5, 5.41) is 19.3. The van der Waals surface area contributed by atoms with Gasteiger partial charge in [-0.25, -0.2) is 0 Å². The molecule has 1 N–H and O–H groups in total. The Morgan fingerprint density at radius 3 is 2.72 bits per heavy atom. The maximum absolute atomic E-state index is 11.8. The molecule has 0 fully saturated rings. The summed E-state index contributed by atoms with van der Waals surface area (Å²) in [7, 11) is 3.30. The van der Waals surface area contributed by atoms with Crippen LogP contribution < -0.4 is 10.1 Å². The van der Waals surface area contributed by atoms with Crippen LogP contribution in [0.3, 0.4) is 0 Å². The van der Waals surface area contributed by atoms with Crippen molar-refractivity contribution in [3.63, 3.8) is 0 Å². The number of carbonyl (C=O) groups excluding carboxylic acids is 1. The molecule has 8 nitrogen and oxygen atoms in total. The average molecular weight is 359 g/mol. The van der Waals surface area contributed by atoms with Crippen LogP contribution in [0.15, 0.2) is 30.5 Å². The summed E-state index contributed by atoms with van der Waals surface area (Å²) in [6, 6.07) is 7.08. The molecule has 3 rings (SSSR count). The quantitative estimate of drug-likeness (QED) is 0.700. The van der Waals surface area contributed by atoms with Crippen LogP contribution in [-0.2, 0) is 7.05 Å². The van der Waals surface area contributed by atoms with Gasteiger partial charge < -0.3 is 10.1 Å². The zero-order chi connectivity index (χ0) is 18.0. The second-order valence-corrected chi connectivity index (χ2v) is 5.60. The van der Waals surface area contributed by atoms with Gasteiger partial charge >= 0.3 is 0 Å². The summed E-state index contributed by atoms with van der Waals surface area (Å²) in [5.74, 6) is 0.334. The van der Waals surface area contributed by atoms with Crippen molar-refractivity contribution in [2.24, 2.45) is 7.05 Å². The number of para-hydroxylation sites is 1. The van der Waals surface area contributed by atoms with Gasteiger partial charge in [-0.3, -0.25) is 4.79 Å². The fourth-order valence-corrected chi connectivity index (χ4v) is 2.54. The lowest BCUT2D eigenvalue weighted by Crippen LogP contribution is -2.06. The van der Waals surface area contributed by atoms with Crippen LogP contribution in [0.2, 0.25) is 5.15 Å². The number of hydrogen-bond acceptors (Lipinski definition) is 7. The normalized spacial score (nSPS) is 10.6. The number of ether oxygens (including phenoxy) is 1. The number of halogens is 1. The lowest BCUT2D eigenvalue weighted by Gasteiger charge is -2.15. The first kappa shape index (κ1) is 16.8. The van der Waals surface area contributed by atoms with Crippen LogP contribution in [0.1, 0.15) is 17.4 Å². The van der Waals surface area contributed by atoms with Gasteiger partial charge in [0.1, 0.15) is 5.69 Å². The van der Waals surface area contributed by atoms with E-state index in [1.165, 1.54) is 11.7 Å². The second-order valence-electron chi connectivity index (χ2n) is 5.22. The summed E-state index contributed by atoms with van der Waals surface area (Å²) >= 11 is 5.91. The zero-order valence-electron chi connectivity index (χ0n) is 13.8. The second kappa shape index (κ2) is 6.86. The molecule has 0 amide bonds. The molecule has 2 aromatic heterocycles. The molecular weight excluding hydrogens is 344 g/mol. The first-order valence-electron chi connectivity index (χ1n) is 7.34. The summed E-state index contributed by atoms with van der Waals surface area (Å²) in [5.41, 5.74) is 2.70. The summed E-state index contributed by atoms with van der Waals surface area (Å²) in [4.78, 5) is 13.2. The third-order valence-corrected chi connectivity index (χ3v) is 3.65. The summed E-state index contributed by atoms with van der Waals surface area (Å²) in [6.07, 6.45) is 1.65. The van der Waals surface area contributed by atoms with E-state index in [2.05, 4.69) is 25.7 Å². The predicted molar refractivity (Wildman–Crippen MR) is 93.3 cm³/mol. The van der Waals surface area contributed by atoms with Crippen molar-refractivity contribution in [2.45, 2.75) is 6.92 Å². The predicted octanol–water partition coefficient (Wildman–Crippen LogP) is 2.88. The van der Waals surface area contributed by atoms with Crippen LogP contribution in [0.4, 0.5) is 11.4 Å². The number of Topliss-reactive ketones (excluding diaryl/α,β-unsaturated/α-hetero) is 1. The van der Waals surface area contributed by atoms with E-state index in [0.29, 0.717) is 22.8 Å². The Balaban J connectivity index is 2.07. The molecule has 1 aromatic carbocycles. The Morgan fingerprint density at radius 1 is 1.28 bits per heavy atom. The van der Waals surface area contributed by atoms with Crippen LogP contribution in [0.25, 0.3) is 11.3 Å². The van der Waals surface area contributed by atoms with Gasteiger partial charge in [0.15, 0.2) is 22.4 Å². The standard InChI is InChI=1S/C16H15ClN6O2/c1-9(24)15-12(7-14(17)20-21-15)19-11-6-4-5-10(16(11)25-3)13-8-18-23(2)22-13/h4-8H,1-3H3,(H,19,20). The number of hydrogen-bond donors (Lipinski definition) is 1. The number of ketones is 1. The third-order valence-electron chi connectivity index (χ3n) is 3.46. The van der Waals surface area contributed by atoms with Crippen molar-refractivity contribution in [2.75, 3.05) is 12.4 Å². The molecular formula is C16H15ClN6O2. The number of nitrogens with one attached hydrogen (secondary N) is 1. The first-order valence-corrected chi connectivity index (χ1v) is 7.72. The number of rotatable bonds is 5. The van der Waals surface area contributed by atoms with Gasteiger partial charge in [-0.15, -0.1) is 10.2 Å². The van der Waals surface area contributed by atoms with Crippen molar-refractivity contribution < 1.29 is 9.53 Å². The van der Waals surface area contributed by atoms with Crippen LogP contribution in [0, 0.1) is 0 Å². The van der Waals surface area contributed by atoms with E-state index in [-0.39, 0.29) is 16.6 Å². The molecule has 0 unspecified atom stereocenters. The highest BCUT2D eigenvalue weighted by atomic mass is 35.5. The topological polar surface area (TPSA) is 94.8 Å². The molecule has 3 aromatic rings. The average Bonchev–Trinajstić information content (AvgIpc) is 3.00. The Morgan fingerprint density at radius 2 is 2.08 bits per heavy atom. The Labute approximate surface area is 148 Å². The van der Waals surface area contributed by atoms with Crippen molar-refractivity contribution in [1.82, 2.24) is 25.2 Å². The highest BCUT2D eigenvalue weighted by molar-refractivity contribution is 6.29. The smallest absolute Gasteiger partial charge is 0.182 e. The lowest BCUT2D eigenvalue weighted by molar-refractivity contribution is 0.101. The number of nitrogens with zero attached hydrogens (tertiary/aromatic N) is 5. The van der Waals surface area contributed by atoms with E-state index in [1.807, 2.05) is 18.2 Å². The Hall–Kier alpha value is -3.00. The minimum Gasteiger partial charge on any atom is -0.494 e. The molecule has 0 bridgehead atoms. The molecule has 0 radical (unpaired) electrons. The van der Waals surface area contributed by atoms with Crippen LogP contribution >= 0.6 is 11.6 Å². The van der Waals surface area contributed by atoms with Gasteiger partial charge in [-0.2, -0.15) is 15.0 Å². The van der Waals surface area contributed by atoms with E-state index in [1.54, 1.807) is 26.4 Å². The van der Waals surface area contributed by atoms with E-state index >= 15 is 0 Å². The number of methoxy groups -OCH3 is 1. The van der Waals surface area contributed by atoms with Gasteiger partial charge in [0.05, 0.1) is 24.7 Å². The van der Waals surface area contributed by atoms with Crippen LogP contribution in [0.5, 0.6) is 5.75 Å². The van der Waals surface area contributed by atoms with E-state index in [0.717, 1.165) is 5.56 Å². The van der Waals surface area contributed by atoms with Crippen molar-refractivity contribution in [3.05, 3.63) is 41.3 Å². The maximum Gasteiger partial charge on any atom is 0.182 e. The van der Waals surface area contributed by atoms with Gasteiger partial charge in [0, 0.05) is 25.6 Å². The SMILES string of the molecule is COc1c(Nc2cc(Cl)nnc2C(C)=O)cccc1-c1cnn(C)n1. The minimum atomic E-state index is -0.226. The fourth-order valence-electron chi connectivity index (χ4n) is 2.39. The summed E-state index contributed by atoms with van der Waals surface area (Å²) in [6.45, 7) is 1.41. The number of carbonyl (C=O) groups is 1. The number of aryl methyl sites for hydroxylation is 1. The first-order chi connectivity index (χ1) is 12.0. The van der Waals surface area contributed by atoms with Crippen molar-refractivity contribution in [3.8, 4) is 17.0 Å². The van der Waals surface area contributed by atoms with E-state index in [4.69, 9.17) is 16.3 Å². The highest BCUT2D eigenvalue weighted by Crippen LogP contribution is 2.37. The van der Waals surface area contributed by atoms with Crippen molar-refractivity contribution in [1.29, 1.82) is 0 Å². The molecule has 128 valence electrons. The van der Waals surface area contributed by atoms with Gasteiger partial charge in [-0.1, -0.05) is 17.7 Å². The molecule has 0 spiro atoms.